The molecule has 25 heavy (non-hydrogen) atoms. The molecule has 1 amide bonds. The van der Waals surface area contributed by atoms with Crippen LogP contribution in [0.3, 0.4) is 0 Å². The Hall–Kier alpha value is -1.89. The molecule has 0 radical (unpaired) electrons. The summed E-state index contributed by atoms with van der Waals surface area (Å²) in [6, 6.07) is 6.88. The average molecular weight is 381 g/mol. The number of halogens is 2. The summed E-state index contributed by atoms with van der Waals surface area (Å²) in [7, 11) is 0. The summed E-state index contributed by atoms with van der Waals surface area (Å²) < 4.78 is 0. The molecule has 1 aliphatic heterocycles. The molecule has 1 fully saturated rings. The Morgan fingerprint density at radius 3 is 2.32 bits per heavy atom. The monoisotopic (exact) mass is 380 g/mol. The highest BCUT2D eigenvalue weighted by atomic mass is 35.5. The number of H-pyrrole nitrogens is 1. The zero-order valence-corrected chi connectivity index (χ0v) is 15.3. The molecule has 1 saturated heterocycles. The van der Waals surface area contributed by atoms with E-state index in [2.05, 4.69) is 10.2 Å². The normalized spacial score (nSPS) is 15.4. The van der Waals surface area contributed by atoms with Crippen molar-refractivity contribution in [2.75, 3.05) is 32.7 Å². The molecule has 1 aliphatic rings. The first-order valence-electron chi connectivity index (χ1n) is 7.96. The van der Waals surface area contributed by atoms with Crippen molar-refractivity contribution in [3.63, 3.8) is 0 Å². The van der Waals surface area contributed by atoms with Gasteiger partial charge in [0.2, 0.25) is 0 Å². The molecule has 132 valence electrons. The number of hydrogen-bond donors (Lipinski definition) is 1. The minimum absolute atomic E-state index is 0.0439. The van der Waals surface area contributed by atoms with Gasteiger partial charge in [-0.25, -0.2) is 0 Å². The van der Waals surface area contributed by atoms with Gasteiger partial charge in [-0.05, 0) is 31.2 Å². The molecule has 2 aromatic rings. The maximum atomic E-state index is 12.5. The predicted octanol–water partition coefficient (Wildman–Crippen LogP) is 2.67. The van der Waals surface area contributed by atoms with E-state index in [4.69, 9.17) is 23.2 Å². The summed E-state index contributed by atoms with van der Waals surface area (Å²) >= 11 is 11.9. The molecule has 0 saturated carbocycles. The van der Waals surface area contributed by atoms with Gasteiger partial charge in [-0.1, -0.05) is 23.2 Å². The van der Waals surface area contributed by atoms with Crippen molar-refractivity contribution >= 4 is 34.9 Å². The highest BCUT2D eigenvalue weighted by Gasteiger charge is 2.26. The number of piperazine rings is 1. The number of aryl methyl sites for hydroxylation is 1. The molecular formula is C17H18Cl2N4O2. The van der Waals surface area contributed by atoms with Gasteiger partial charge in [0.05, 0.1) is 17.3 Å². The van der Waals surface area contributed by atoms with Crippen molar-refractivity contribution < 1.29 is 9.59 Å². The number of hydrogen-bond acceptors (Lipinski definition) is 4. The zero-order valence-electron chi connectivity index (χ0n) is 13.8. The standard InChI is InChI=1S/C17H18Cl2N4O2/c1-11-15(19)16(21-20-11)17(25)23-8-6-22(7-9-23)10-14(24)12-2-4-13(18)5-3-12/h2-5H,6-10H2,1H3,(H,20,21). The summed E-state index contributed by atoms with van der Waals surface area (Å²) in [5, 5.41) is 7.67. The van der Waals surface area contributed by atoms with Gasteiger partial charge in [-0.15, -0.1) is 0 Å². The second kappa shape index (κ2) is 7.56. The molecule has 0 unspecified atom stereocenters. The first kappa shape index (κ1) is 17.9. The molecular weight excluding hydrogens is 363 g/mol. The van der Waals surface area contributed by atoms with Gasteiger partial charge in [0.15, 0.2) is 11.5 Å². The fraction of sp³-hybridized carbons (Fsp3) is 0.353. The van der Waals surface area contributed by atoms with Gasteiger partial charge < -0.3 is 4.90 Å². The number of rotatable bonds is 4. The molecule has 1 aromatic carbocycles. The van der Waals surface area contributed by atoms with Crippen molar-refractivity contribution in [1.29, 1.82) is 0 Å². The van der Waals surface area contributed by atoms with Crippen LogP contribution in [0.1, 0.15) is 26.5 Å². The van der Waals surface area contributed by atoms with Gasteiger partial charge in [-0.3, -0.25) is 19.6 Å². The Balaban J connectivity index is 1.55. The summed E-state index contributed by atoms with van der Waals surface area (Å²) in [4.78, 5) is 28.5. The van der Waals surface area contributed by atoms with Crippen molar-refractivity contribution in [2.24, 2.45) is 0 Å². The predicted molar refractivity (Wildman–Crippen MR) is 96.5 cm³/mol. The maximum Gasteiger partial charge on any atom is 0.276 e. The lowest BCUT2D eigenvalue weighted by atomic mass is 10.1. The van der Waals surface area contributed by atoms with Gasteiger partial charge in [0, 0.05) is 36.8 Å². The van der Waals surface area contributed by atoms with Gasteiger partial charge in [0.1, 0.15) is 0 Å². The Kier molecular flexibility index (Phi) is 5.42. The van der Waals surface area contributed by atoms with Crippen molar-refractivity contribution in [1.82, 2.24) is 20.0 Å². The highest BCUT2D eigenvalue weighted by Crippen LogP contribution is 2.19. The van der Waals surface area contributed by atoms with E-state index in [9.17, 15) is 9.59 Å². The van der Waals surface area contributed by atoms with E-state index in [0.717, 1.165) is 0 Å². The van der Waals surface area contributed by atoms with Crippen molar-refractivity contribution in [3.8, 4) is 0 Å². The topological polar surface area (TPSA) is 69.3 Å². The smallest absolute Gasteiger partial charge is 0.276 e. The van der Waals surface area contributed by atoms with Gasteiger partial charge in [0.25, 0.3) is 5.91 Å². The third-order valence-corrected chi connectivity index (χ3v) is 4.98. The van der Waals surface area contributed by atoms with Crippen LogP contribution < -0.4 is 0 Å². The van der Waals surface area contributed by atoms with Crippen molar-refractivity contribution in [2.45, 2.75) is 6.92 Å². The summed E-state index contributed by atoms with van der Waals surface area (Å²) in [6.07, 6.45) is 0. The number of carbonyl (C=O) groups is 2. The Morgan fingerprint density at radius 1 is 1.12 bits per heavy atom. The highest BCUT2D eigenvalue weighted by molar-refractivity contribution is 6.34. The number of nitrogens with zero attached hydrogens (tertiary/aromatic N) is 3. The maximum absolute atomic E-state index is 12.5. The largest absolute Gasteiger partial charge is 0.335 e. The van der Waals surface area contributed by atoms with Crippen LogP contribution in [0.15, 0.2) is 24.3 Å². The van der Waals surface area contributed by atoms with E-state index < -0.39 is 0 Å². The van der Waals surface area contributed by atoms with Crippen LogP contribution in [-0.4, -0.2) is 64.4 Å². The van der Waals surface area contributed by atoms with E-state index in [1.165, 1.54) is 0 Å². The number of nitrogens with one attached hydrogen (secondary N) is 1. The molecule has 3 rings (SSSR count). The first-order valence-corrected chi connectivity index (χ1v) is 8.72. The number of ketones is 1. The lowest BCUT2D eigenvalue weighted by molar-refractivity contribution is 0.0619. The zero-order chi connectivity index (χ0) is 18.0. The SMILES string of the molecule is Cc1[nH]nc(C(=O)N2CCN(CC(=O)c3ccc(Cl)cc3)CC2)c1Cl. The number of amides is 1. The minimum atomic E-state index is -0.182. The number of aromatic nitrogens is 2. The molecule has 2 heterocycles. The van der Waals surface area contributed by atoms with Crippen LogP contribution in [0, 0.1) is 6.92 Å². The summed E-state index contributed by atoms with van der Waals surface area (Å²) in [5.74, 6) is -0.138. The minimum Gasteiger partial charge on any atom is -0.335 e. The number of Topliss-reactive ketones (excluding diaryl/α,β-unsaturated/α-hetero) is 1. The molecule has 8 heteroatoms. The lowest BCUT2D eigenvalue weighted by Gasteiger charge is -2.34. The van der Waals surface area contributed by atoms with Crippen LogP contribution in [-0.2, 0) is 0 Å². The molecule has 1 aromatic heterocycles. The molecule has 0 aliphatic carbocycles. The fourth-order valence-electron chi connectivity index (χ4n) is 2.75. The Bertz CT molecular complexity index is 780. The van der Waals surface area contributed by atoms with E-state index in [-0.39, 0.29) is 17.4 Å². The summed E-state index contributed by atoms with van der Waals surface area (Å²) in [5.41, 5.74) is 1.57. The van der Waals surface area contributed by atoms with Crippen LogP contribution in [0.4, 0.5) is 0 Å². The second-order valence-corrected chi connectivity index (χ2v) is 6.82. The number of benzene rings is 1. The average Bonchev–Trinajstić information content (AvgIpc) is 2.94. The van der Waals surface area contributed by atoms with E-state index in [1.54, 1.807) is 36.1 Å². The van der Waals surface area contributed by atoms with E-state index in [1.807, 2.05) is 4.90 Å². The fourth-order valence-corrected chi connectivity index (χ4v) is 3.04. The van der Waals surface area contributed by atoms with Crippen LogP contribution in [0.25, 0.3) is 0 Å². The van der Waals surface area contributed by atoms with Gasteiger partial charge >= 0.3 is 0 Å². The number of carbonyl (C=O) groups excluding carboxylic acids is 2. The van der Waals surface area contributed by atoms with Gasteiger partial charge in [-0.2, -0.15) is 5.10 Å². The summed E-state index contributed by atoms with van der Waals surface area (Å²) in [6.45, 7) is 4.43. The Labute approximate surface area is 155 Å². The molecule has 1 N–H and O–H groups in total. The van der Waals surface area contributed by atoms with Crippen LogP contribution in [0.2, 0.25) is 10.0 Å². The van der Waals surface area contributed by atoms with E-state index >= 15 is 0 Å². The number of aromatic amines is 1. The third kappa shape index (κ3) is 4.03. The molecule has 0 atom stereocenters. The van der Waals surface area contributed by atoms with Crippen LogP contribution in [0.5, 0.6) is 0 Å². The second-order valence-electron chi connectivity index (χ2n) is 6.01. The quantitative estimate of drug-likeness (QED) is 0.827. The first-order chi connectivity index (χ1) is 12.0. The lowest BCUT2D eigenvalue weighted by Crippen LogP contribution is -2.50. The van der Waals surface area contributed by atoms with Crippen LogP contribution >= 0.6 is 23.2 Å². The third-order valence-electron chi connectivity index (χ3n) is 4.27. The molecule has 0 spiro atoms. The van der Waals surface area contributed by atoms with E-state index in [0.29, 0.717) is 54.0 Å². The Morgan fingerprint density at radius 2 is 1.76 bits per heavy atom. The van der Waals surface area contributed by atoms with Crippen molar-refractivity contribution in [3.05, 3.63) is 51.3 Å². The molecule has 0 bridgehead atoms. The molecule has 6 nitrogen and oxygen atoms in total.